The fourth-order valence-electron chi connectivity index (χ4n) is 2.86. The van der Waals surface area contributed by atoms with E-state index >= 15 is 0 Å². The minimum atomic E-state index is -0.287. The summed E-state index contributed by atoms with van der Waals surface area (Å²) in [6.45, 7) is 7.38. The summed E-state index contributed by atoms with van der Waals surface area (Å²) in [4.78, 5) is 1.32. The predicted octanol–water partition coefficient (Wildman–Crippen LogP) is 4.33. The molecule has 0 spiro atoms. The van der Waals surface area contributed by atoms with Crippen LogP contribution in [-0.2, 0) is 0 Å². The zero-order valence-corrected chi connectivity index (χ0v) is 13.5. The van der Waals surface area contributed by atoms with Crippen molar-refractivity contribution in [3.63, 3.8) is 0 Å². The van der Waals surface area contributed by atoms with Gasteiger partial charge in [0, 0.05) is 10.1 Å². The molecule has 0 heterocycles. The van der Waals surface area contributed by atoms with Gasteiger partial charge >= 0.3 is 0 Å². The molecule has 1 aromatic carbocycles. The van der Waals surface area contributed by atoms with Gasteiger partial charge in [-0.3, -0.25) is 5.32 Å². The smallest absolute Gasteiger partial charge is 0.107 e. The first-order valence-electron chi connectivity index (χ1n) is 7.51. The summed E-state index contributed by atoms with van der Waals surface area (Å²) in [6, 6.07) is 11.4. The zero-order chi connectivity index (χ0) is 14.6. The lowest BCUT2D eigenvalue weighted by atomic mass is 10.0. The highest BCUT2D eigenvalue weighted by atomic mass is 32.2. The normalized spacial score (nSPS) is 25.9. The fraction of sp³-hybridized carbons (Fsp3) is 0.588. The molecule has 2 atom stereocenters. The topological polar surface area (TPSA) is 35.8 Å². The highest BCUT2D eigenvalue weighted by Gasteiger charge is 2.39. The molecule has 1 N–H and O–H groups in total. The van der Waals surface area contributed by atoms with Crippen LogP contribution in [0.1, 0.15) is 51.5 Å². The number of nitrogens with zero attached hydrogens (tertiary/aromatic N) is 1. The average Bonchev–Trinajstić information content (AvgIpc) is 2.83. The van der Waals surface area contributed by atoms with Gasteiger partial charge in [-0.25, -0.2) is 0 Å². The largest absolute Gasteiger partial charge is 0.300 e. The fourth-order valence-corrected chi connectivity index (χ4v) is 4.15. The number of nitriles is 1. The first-order valence-corrected chi connectivity index (χ1v) is 8.39. The Morgan fingerprint density at radius 1 is 1.40 bits per heavy atom. The molecule has 0 aliphatic heterocycles. The van der Waals surface area contributed by atoms with E-state index in [4.69, 9.17) is 0 Å². The van der Waals surface area contributed by atoms with E-state index in [0.717, 1.165) is 25.8 Å². The van der Waals surface area contributed by atoms with E-state index in [9.17, 15) is 5.26 Å². The maximum absolute atomic E-state index is 9.41. The van der Waals surface area contributed by atoms with Gasteiger partial charge in [0.15, 0.2) is 0 Å². The van der Waals surface area contributed by atoms with Crippen LogP contribution in [0.4, 0.5) is 0 Å². The molecule has 1 fully saturated rings. The highest BCUT2D eigenvalue weighted by Crippen LogP contribution is 2.40. The molecule has 0 bridgehead atoms. The molecule has 0 saturated heterocycles. The molecule has 0 aromatic heterocycles. The van der Waals surface area contributed by atoms with Crippen LogP contribution in [0.2, 0.25) is 0 Å². The van der Waals surface area contributed by atoms with Crippen molar-refractivity contribution in [2.24, 2.45) is 0 Å². The van der Waals surface area contributed by atoms with Gasteiger partial charge in [0.05, 0.1) is 6.07 Å². The van der Waals surface area contributed by atoms with Gasteiger partial charge in [0.2, 0.25) is 0 Å². The summed E-state index contributed by atoms with van der Waals surface area (Å²) >= 11 is 1.92. The van der Waals surface area contributed by atoms with Crippen molar-refractivity contribution in [1.82, 2.24) is 5.32 Å². The molecule has 20 heavy (non-hydrogen) atoms. The Hall–Kier alpha value is -0.980. The number of nitrogens with one attached hydrogen (secondary N) is 1. The van der Waals surface area contributed by atoms with Crippen LogP contribution in [-0.4, -0.2) is 17.3 Å². The molecule has 0 radical (unpaired) electrons. The molecule has 2 unspecified atom stereocenters. The molecule has 2 nitrogen and oxygen atoms in total. The van der Waals surface area contributed by atoms with Gasteiger partial charge in [-0.1, -0.05) is 32.9 Å². The zero-order valence-electron chi connectivity index (χ0n) is 12.6. The second-order valence-corrected chi connectivity index (χ2v) is 7.30. The van der Waals surface area contributed by atoms with E-state index in [-0.39, 0.29) is 5.54 Å². The van der Waals surface area contributed by atoms with E-state index in [1.807, 2.05) is 11.8 Å². The van der Waals surface area contributed by atoms with Crippen LogP contribution in [0, 0.1) is 11.3 Å². The number of rotatable bonds is 5. The molecule has 0 amide bonds. The molecular weight excluding hydrogens is 264 g/mol. The van der Waals surface area contributed by atoms with Crippen LogP contribution in [0.15, 0.2) is 29.2 Å². The number of hydrogen-bond donors (Lipinski definition) is 1. The highest BCUT2D eigenvalue weighted by molar-refractivity contribution is 8.00. The Labute approximate surface area is 127 Å². The van der Waals surface area contributed by atoms with Crippen LogP contribution in [0.3, 0.4) is 0 Å². The van der Waals surface area contributed by atoms with Gasteiger partial charge < -0.3 is 0 Å². The first-order chi connectivity index (χ1) is 9.58. The van der Waals surface area contributed by atoms with Crippen molar-refractivity contribution in [1.29, 1.82) is 5.26 Å². The Morgan fingerprint density at radius 2 is 2.10 bits per heavy atom. The molecular formula is C17H24N2S. The van der Waals surface area contributed by atoms with Gasteiger partial charge in [-0.15, -0.1) is 11.8 Å². The molecule has 3 heteroatoms. The summed E-state index contributed by atoms with van der Waals surface area (Å²) in [6.07, 6.45) is 3.05. The van der Waals surface area contributed by atoms with Crippen LogP contribution >= 0.6 is 11.8 Å². The van der Waals surface area contributed by atoms with Crippen molar-refractivity contribution in [3.8, 4) is 6.07 Å². The van der Waals surface area contributed by atoms with E-state index in [2.05, 4.69) is 56.4 Å². The van der Waals surface area contributed by atoms with Crippen molar-refractivity contribution in [2.75, 3.05) is 6.54 Å². The Morgan fingerprint density at radius 3 is 2.65 bits per heavy atom. The average molecular weight is 288 g/mol. The number of benzene rings is 1. The Kier molecular flexibility index (Phi) is 5.12. The molecule has 108 valence electrons. The predicted molar refractivity (Wildman–Crippen MR) is 86.0 cm³/mol. The molecule has 1 saturated carbocycles. The van der Waals surface area contributed by atoms with Crippen molar-refractivity contribution < 1.29 is 0 Å². The van der Waals surface area contributed by atoms with Gasteiger partial charge in [-0.2, -0.15) is 5.26 Å². The minimum Gasteiger partial charge on any atom is -0.300 e. The standard InChI is InChI=1S/C17H24N2S/c1-4-19-17(12-18)10-9-16(11-17)20-15-7-5-14(6-8-15)13(2)3/h5-8,13,16,19H,4,9-11H2,1-3H3. The van der Waals surface area contributed by atoms with Crippen LogP contribution < -0.4 is 5.32 Å². The van der Waals surface area contributed by atoms with Crippen molar-refractivity contribution in [3.05, 3.63) is 29.8 Å². The summed E-state index contributed by atoms with van der Waals surface area (Å²) in [5, 5.41) is 13.3. The quantitative estimate of drug-likeness (QED) is 0.876. The van der Waals surface area contributed by atoms with Crippen molar-refractivity contribution in [2.45, 2.75) is 61.6 Å². The summed E-state index contributed by atoms with van der Waals surface area (Å²) < 4.78 is 0. The van der Waals surface area contributed by atoms with Crippen molar-refractivity contribution >= 4 is 11.8 Å². The van der Waals surface area contributed by atoms with Gasteiger partial charge in [0.25, 0.3) is 0 Å². The van der Waals surface area contributed by atoms with E-state index in [1.54, 1.807) is 0 Å². The lowest BCUT2D eigenvalue weighted by Gasteiger charge is -2.21. The SMILES string of the molecule is CCNC1(C#N)CCC(Sc2ccc(C(C)C)cc2)C1. The lowest BCUT2D eigenvalue weighted by molar-refractivity contribution is 0.436. The van der Waals surface area contributed by atoms with E-state index in [1.165, 1.54) is 10.5 Å². The summed E-state index contributed by atoms with van der Waals surface area (Å²) in [7, 11) is 0. The third kappa shape index (κ3) is 3.56. The van der Waals surface area contributed by atoms with Crippen LogP contribution in [0.25, 0.3) is 0 Å². The van der Waals surface area contributed by atoms with Gasteiger partial charge in [-0.05, 0) is 49.4 Å². The van der Waals surface area contributed by atoms with Crippen LogP contribution in [0.5, 0.6) is 0 Å². The second-order valence-electron chi connectivity index (χ2n) is 5.93. The molecule has 1 aliphatic rings. The van der Waals surface area contributed by atoms with E-state index < -0.39 is 0 Å². The first kappa shape index (κ1) is 15.4. The molecule has 2 rings (SSSR count). The Balaban J connectivity index is 1.97. The Bertz CT molecular complexity index is 475. The third-order valence-electron chi connectivity index (χ3n) is 4.05. The van der Waals surface area contributed by atoms with E-state index in [0.29, 0.717) is 11.2 Å². The molecule has 1 aromatic rings. The maximum Gasteiger partial charge on any atom is 0.107 e. The molecule has 1 aliphatic carbocycles. The lowest BCUT2D eigenvalue weighted by Crippen LogP contribution is -2.41. The summed E-state index contributed by atoms with van der Waals surface area (Å²) in [5.74, 6) is 0.584. The summed E-state index contributed by atoms with van der Waals surface area (Å²) in [5.41, 5.74) is 1.10. The second kappa shape index (κ2) is 6.65. The third-order valence-corrected chi connectivity index (χ3v) is 5.33. The van der Waals surface area contributed by atoms with Gasteiger partial charge in [0.1, 0.15) is 5.54 Å². The number of thioether (sulfide) groups is 1. The maximum atomic E-state index is 9.41. The monoisotopic (exact) mass is 288 g/mol. The minimum absolute atomic E-state index is 0.287. The number of hydrogen-bond acceptors (Lipinski definition) is 3.